The molecule has 0 aromatic heterocycles. The molecule has 2 aromatic rings. The van der Waals surface area contributed by atoms with Gasteiger partial charge in [0.15, 0.2) is 0 Å². The van der Waals surface area contributed by atoms with Crippen molar-refractivity contribution >= 4 is 46.7 Å². The molecular weight excluding hydrogens is 401 g/mol. The Labute approximate surface area is 165 Å². The Morgan fingerprint density at radius 2 is 1.69 bits per heavy atom. The van der Waals surface area contributed by atoms with E-state index in [1.807, 2.05) is 0 Å². The van der Waals surface area contributed by atoms with Crippen LogP contribution in [0.4, 0.5) is 0 Å². The minimum Gasteiger partial charge on any atom is -0.493 e. The van der Waals surface area contributed by atoms with Gasteiger partial charge in [-0.05, 0) is 36.8 Å². The van der Waals surface area contributed by atoms with Gasteiger partial charge in [0.1, 0.15) is 12.4 Å². The van der Waals surface area contributed by atoms with E-state index in [-0.39, 0.29) is 27.6 Å². The summed E-state index contributed by atoms with van der Waals surface area (Å²) < 4.78 is 5.41. The predicted molar refractivity (Wildman–Crippen MR) is 101 cm³/mol. The van der Waals surface area contributed by atoms with E-state index in [4.69, 9.17) is 44.6 Å². The van der Waals surface area contributed by atoms with E-state index in [1.54, 1.807) is 31.2 Å². The van der Waals surface area contributed by atoms with Gasteiger partial charge in [0.25, 0.3) is 5.91 Å². The largest absolute Gasteiger partial charge is 0.493 e. The quantitative estimate of drug-likeness (QED) is 0.643. The van der Waals surface area contributed by atoms with Crippen LogP contribution in [0.25, 0.3) is 0 Å². The van der Waals surface area contributed by atoms with Crippen LogP contribution in [-0.4, -0.2) is 23.6 Å². The van der Waals surface area contributed by atoms with Crippen LogP contribution in [0.15, 0.2) is 36.4 Å². The number of carboxylic acid groups (broad SMARTS) is 1. The van der Waals surface area contributed by atoms with Gasteiger partial charge in [-0.1, -0.05) is 46.9 Å². The number of carbonyl (C=O) groups is 2. The first kappa shape index (κ1) is 20.4. The molecule has 0 aliphatic heterocycles. The van der Waals surface area contributed by atoms with Crippen LogP contribution in [0, 0.1) is 5.92 Å². The van der Waals surface area contributed by atoms with E-state index < -0.39 is 11.9 Å². The number of hydrogen-bond donors (Lipinski definition) is 2. The summed E-state index contributed by atoms with van der Waals surface area (Å²) in [5, 5.41) is 12.2. The van der Waals surface area contributed by atoms with Crippen molar-refractivity contribution in [3.8, 4) is 5.75 Å². The molecule has 2 aromatic carbocycles. The number of carboxylic acids is 1. The van der Waals surface area contributed by atoms with Gasteiger partial charge in [-0.25, -0.2) is 0 Å². The van der Waals surface area contributed by atoms with E-state index in [2.05, 4.69) is 5.32 Å². The molecule has 0 radical (unpaired) electrons. The van der Waals surface area contributed by atoms with Crippen LogP contribution < -0.4 is 10.1 Å². The third kappa shape index (κ3) is 5.53. The Kier molecular flexibility index (Phi) is 7.14. The maximum absolute atomic E-state index is 12.2. The van der Waals surface area contributed by atoms with E-state index in [0.29, 0.717) is 17.9 Å². The van der Waals surface area contributed by atoms with Gasteiger partial charge in [0.2, 0.25) is 0 Å². The fraction of sp³-hybridized carbons (Fsp3) is 0.222. The van der Waals surface area contributed by atoms with Crippen LogP contribution in [-0.2, 0) is 11.3 Å². The molecule has 1 unspecified atom stereocenters. The zero-order valence-corrected chi connectivity index (χ0v) is 16.0. The highest BCUT2D eigenvalue weighted by Crippen LogP contribution is 2.31. The zero-order chi connectivity index (χ0) is 19.3. The third-order valence-electron chi connectivity index (χ3n) is 3.54. The number of halogens is 3. The molecule has 0 saturated carbocycles. The highest BCUT2D eigenvalue weighted by atomic mass is 35.5. The topological polar surface area (TPSA) is 75.6 Å². The molecule has 5 nitrogen and oxygen atoms in total. The normalized spacial score (nSPS) is 11.7. The van der Waals surface area contributed by atoms with E-state index >= 15 is 0 Å². The lowest BCUT2D eigenvalue weighted by Crippen LogP contribution is -2.22. The van der Waals surface area contributed by atoms with Gasteiger partial charge in [-0.15, -0.1) is 0 Å². The first-order valence-corrected chi connectivity index (χ1v) is 8.78. The second-order valence-electron chi connectivity index (χ2n) is 5.63. The molecule has 0 fully saturated rings. The SMILES string of the molecule is CC(COc1ccc(CNC(=O)c2cc(Cl)c(Cl)c(Cl)c2)cc1)C(=O)O. The van der Waals surface area contributed by atoms with Crippen LogP contribution in [0.1, 0.15) is 22.8 Å². The number of rotatable bonds is 7. The summed E-state index contributed by atoms with van der Waals surface area (Å²) in [5.74, 6) is -1.27. The molecule has 0 heterocycles. The summed E-state index contributed by atoms with van der Waals surface area (Å²) in [5.41, 5.74) is 1.16. The van der Waals surface area contributed by atoms with Crippen molar-refractivity contribution in [1.82, 2.24) is 5.32 Å². The van der Waals surface area contributed by atoms with Crippen LogP contribution >= 0.6 is 34.8 Å². The predicted octanol–water partition coefficient (Wildman–Crippen LogP) is 4.68. The lowest BCUT2D eigenvalue weighted by atomic mass is 10.2. The highest BCUT2D eigenvalue weighted by molar-refractivity contribution is 6.48. The summed E-state index contributed by atoms with van der Waals surface area (Å²) in [6.07, 6.45) is 0. The molecular formula is C18H16Cl3NO4. The molecule has 26 heavy (non-hydrogen) atoms. The van der Waals surface area contributed by atoms with Crippen molar-refractivity contribution in [3.63, 3.8) is 0 Å². The van der Waals surface area contributed by atoms with Gasteiger partial charge < -0.3 is 15.2 Å². The Morgan fingerprint density at radius 3 is 2.23 bits per heavy atom. The highest BCUT2D eigenvalue weighted by Gasteiger charge is 2.13. The van der Waals surface area contributed by atoms with E-state index in [1.165, 1.54) is 12.1 Å². The molecule has 0 saturated heterocycles. The van der Waals surface area contributed by atoms with E-state index in [9.17, 15) is 9.59 Å². The van der Waals surface area contributed by atoms with Crippen molar-refractivity contribution in [1.29, 1.82) is 0 Å². The second kappa shape index (κ2) is 9.12. The van der Waals surface area contributed by atoms with Crippen LogP contribution in [0.5, 0.6) is 5.75 Å². The summed E-state index contributed by atoms with van der Waals surface area (Å²) in [6, 6.07) is 9.89. The zero-order valence-electron chi connectivity index (χ0n) is 13.8. The van der Waals surface area contributed by atoms with Crippen molar-refractivity contribution in [2.75, 3.05) is 6.61 Å². The summed E-state index contributed by atoms with van der Waals surface area (Å²) in [7, 11) is 0. The molecule has 2 N–H and O–H groups in total. The molecule has 2 rings (SSSR count). The smallest absolute Gasteiger partial charge is 0.309 e. The Bertz CT molecular complexity index is 786. The number of aliphatic carboxylic acids is 1. The molecule has 0 bridgehead atoms. The van der Waals surface area contributed by atoms with Crippen molar-refractivity contribution < 1.29 is 19.4 Å². The van der Waals surface area contributed by atoms with Crippen LogP contribution in [0.2, 0.25) is 15.1 Å². The van der Waals surface area contributed by atoms with Crippen molar-refractivity contribution in [2.24, 2.45) is 5.92 Å². The summed E-state index contributed by atoms with van der Waals surface area (Å²) in [6.45, 7) is 1.95. The third-order valence-corrected chi connectivity index (χ3v) is 4.74. The molecule has 0 spiro atoms. The number of hydrogen-bond acceptors (Lipinski definition) is 3. The van der Waals surface area contributed by atoms with Crippen LogP contribution in [0.3, 0.4) is 0 Å². The molecule has 1 amide bonds. The Balaban J connectivity index is 1.91. The van der Waals surface area contributed by atoms with Gasteiger partial charge in [0, 0.05) is 12.1 Å². The number of benzene rings is 2. The van der Waals surface area contributed by atoms with Gasteiger partial charge in [-0.2, -0.15) is 0 Å². The molecule has 138 valence electrons. The van der Waals surface area contributed by atoms with Gasteiger partial charge >= 0.3 is 5.97 Å². The lowest BCUT2D eigenvalue weighted by Gasteiger charge is -2.10. The number of ether oxygens (including phenoxy) is 1. The number of amides is 1. The molecule has 0 aliphatic carbocycles. The van der Waals surface area contributed by atoms with E-state index in [0.717, 1.165) is 5.56 Å². The first-order valence-electron chi connectivity index (χ1n) is 7.65. The summed E-state index contributed by atoms with van der Waals surface area (Å²) >= 11 is 17.7. The molecule has 8 heteroatoms. The standard InChI is InChI=1S/C18H16Cl3NO4/c1-10(18(24)25)9-26-13-4-2-11(3-5-13)8-22-17(23)12-6-14(19)16(21)15(20)7-12/h2-7,10H,8-9H2,1H3,(H,22,23)(H,24,25). The number of carbonyl (C=O) groups excluding carboxylic acids is 1. The monoisotopic (exact) mass is 415 g/mol. The van der Waals surface area contributed by atoms with Crippen molar-refractivity contribution in [3.05, 3.63) is 62.6 Å². The van der Waals surface area contributed by atoms with Crippen molar-refractivity contribution in [2.45, 2.75) is 13.5 Å². The lowest BCUT2D eigenvalue weighted by molar-refractivity contribution is -0.142. The maximum atomic E-state index is 12.2. The fourth-order valence-corrected chi connectivity index (χ4v) is 2.56. The maximum Gasteiger partial charge on any atom is 0.309 e. The molecule has 0 aliphatic rings. The Morgan fingerprint density at radius 1 is 1.12 bits per heavy atom. The number of nitrogens with one attached hydrogen (secondary N) is 1. The first-order chi connectivity index (χ1) is 12.3. The van der Waals surface area contributed by atoms with Gasteiger partial charge in [-0.3, -0.25) is 9.59 Å². The average molecular weight is 417 g/mol. The average Bonchev–Trinajstić information content (AvgIpc) is 2.62. The molecule has 1 atom stereocenters. The summed E-state index contributed by atoms with van der Waals surface area (Å²) in [4.78, 5) is 22.9. The fourth-order valence-electron chi connectivity index (χ4n) is 1.97. The minimum absolute atomic E-state index is 0.0868. The Hall–Kier alpha value is -1.95. The minimum atomic E-state index is -0.910. The van der Waals surface area contributed by atoms with Gasteiger partial charge in [0.05, 0.1) is 21.0 Å². The second-order valence-corrected chi connectivity index (χ2v) is 6.82.